The van der Waals surface area contributed by atoms with Crippen LogP contribution in [0.4, 0.5) is 0 Å². The van der Waals surface area contributed by atoms with Crippen molar-refractivity contribution in [2.75, 3.05) is 0 Å². The Hall–Kier alpha value is -0.780. The van der Waals surface area contributed by atoms with Crippen molar-refractivity contribution in [3.05, 3.63) is 37.0 Å². The molecule has 13 heavy (non-hydrogen) atoms. The first-order chi connectivity index (χ1) is 6.31. The predicted octanol–water partition coefficient (Wildman–Crippen LogP) is 5.14. The standard InChI is InChI=1S/C9H16.C2H6.C2H4/c1-4-6-8-9(3)7-5-2;2*1-2/h4,6,8H,5,7H2,1-3H3;1-2H3;1-2H2/b6-4-,9-8-;;. The first-order valence-electron chi connectivity index (χ1n) is 5.09. The summed E-state index contributed by atoms with van der Waals surface area (Å²) in [5.41, 5.74) is 1.47. The van der Waals surface area contributed by atoms with Crippen LogP contribution < -0.4 is 0 Å². The molecule has 0 aliphatic rings. The molecule has 0 aliphatic carbocycles. The van der Waals surface area contributed by atoms with E-state index in [-0.39, 0.29) is 0 Å². The molecule has 0 saturated heterocycles. The fourth-order valence-corrected chi connectivity index (χ4v) is 0.738. The van der Waals surface area contributed by atoms with Gasteiger partial charge in [-0.2, -0.15) is 0 Å². The molecule has 0 nitrogen and oxygen atoms in total. The second kappa shape index (κ2) is 22.5. The van der Waals surface area contributed by atoms with Gasteiger partial charge in [-0.3, -0.25) is 0 Å². The van der Waals surface area contributed by atoms with E-state index in [1.165, 1.54) is 18.4 Å². The Labute approximate surface area is 85.1 Å². The van der Waals surface area contributed by atoms with Crippen molar-refractivity contribution in [2.24, 2.45) is 0 Å². The normalized spacial score (nSPS) is 9.77. The summed E-state index contributed by atoms with van der Waals surface area (Å²) in [5.74, 6) is 0. The average molecular weight is 182 g/mol. The van der Waals surface area contributed by atoms with Crippen molar-refractivity contribution in [2.45, 2.75) is 47.5 Å². The fraction of sp³-hybridized carbons (Fsp3) is 0.538. The Balaban J connectivity index is -0.000000218. The van der Waals surface area contributed by atoms with Crippen LogP contribution >= 0.6 is 0 Å². The van der Waals surface area contributed by atoms with Gasteiger partial charge in [0.25, 0.3) is 0 Å². The molecule has 0 spiro atoms. The van der Waals surface area contributed by atoms with Gasteiger partial charge in [-0.15, -0.1) is 13.2 Å². The lowest BCUT2D eigenvalue weighted by Crippen LogP contribution is -1.71. The third-order valence-corrected chi connectivity index (χ3v) is 1.22. The van der Waals surface area contributed by atoms with E-state index in [2.05, 4.69) is 45.2 Å². The minimum Gasteiger partial charge on any atom is -0.106 e. The van der Waals surface area contributed by atoms with E-state index in [0.717, 1.165) is 0 Å². The molecule has 0 radical (unpaired) electrons. The molecule has 0 aromatic heterocycles. The van der Waals surface area contributed by atoms with E-state index in [4.69, 9.17) is 0 Å². The maximum absolute atomic E-state index is 3.00. The van der Waals surface area contributed by atoms with Gasteiger partial charge in [-0.1, -0.05) is 51.0 Å². The molecule has 0 saturated carbocycles. The molecule has 0 fully saturated rings. The van der Waals surface area contributed by atoms with Crippen LogP contribution in [0.3, 0.4) is 0 Å². The number of allylic oxidation sites excluding steroid dienone is 4. The number of hydrogen-bond acceptors (Lipinski definition) is 0. The molecule has 0 aliphatic heterocycles. The summed E-state index contributed by atoms with van der Waals surface area (Å²) in [6.45, 7) is 16.4. The summed E-state index contributed by atoms with van der Waals surface area (Å²) in [6.07, 6.45) is 8.79. The molecule has 0 unspecified atom stereocenters. The third kappa shape index (κ3) is 24.7. The van der Waals surface area contributed by atoms with Crippen LogP contribution in [0.15, 0.2) is 37.0 Å². The molecule has 0 amide bonds. The van der Waals surface area contributed by atoms with Gasteiger partial charge < -0.3 is 0 Å². The largest absolute Gasteiger partial charge is 0.106 e. The summed E-state index contributed by atoms with van der Waals surface area (Å²) in [4.78, 5) is 0. The molecule has 0 aromatic carbocycles. The van der Waals surface area contributed by atoms with Crippen molar-refractivity contribution >= 4 is 0 Å². The van der Waals surface area contributed by atoms with Crippen LogP contribution in [0.5, 0.6) is 0 Å². The van der Waals surface area contributed by atoms with Crippen LogP contribution in [0, 0.1) is 0 Å². The highest BCUT2D eigenvalue weighted by Gasteiger charge is 1.81. The monoisotopic (exact) mass is 182 g/mol. The van der Waals surface area contributed by atoms with Crippen molar-refractivity contribution in [3.8, 4) is 0 Å². The number of hydrogen-bond donors (Lipinski definition) is 0. The third-order valence-electron chi connectivity index (χ3n) is 1.22. The van der Waals surface area contributed by atoms with E-state index in [1.54, 1.807) is 0 Å². The van der Waals surface area contributed by atoms with Crippen molar-refractivity contribution in [1.29, 1.82) is 0 Å². The Morgan fingerprint density at radius 1 is 1.23 bits per heavy atom. The zero-order valence-corrected chi connectivity index (χ0v) is 10.1. The van der Waals surface area contributed by atoms with E-state index in [0.29, 0.717) is 0 Å². The molecule has 0 heterocycles. The minimum atomic E-state index is 1.23. The lowest BCUT2D eigenvalue weighted by molar-refractivity contribution is 0.906. The first-order valence-corrected chi connectivity index (χ1v) is 5.09. The zero-order chi connectivity index (χ0) is 11.1. The lowest BCUT2D eigenvalue weighted by Gasteiger charge is -1.92. The first kappa shape index (κ1) is 18.1. The highest BCUT2D eigenvalue weighted by atomic mass is 13.9. The van der Waals surface area contributed by atoms with Crippen LogP contribution in [0.25, 0.3) is 0 Å². The maximum Gasteiger partial charge on any atom is -0.0323 e. The van der Waals surface area contributed by atoms with Crippen LogP contribution in [0.2, 0.25) is 0 Å². The van der Waals surface area contributed by atoms with E-state index >= 15 is 0 Å². The SMILES string of the molecule is C/C=C\C=C(\C)CCC.C=C.CC. The average Bonchev–Trinajstić information content (AvgIpc) is 2.21. The Morgan fingerprint density at radius 3 is 2.00 bits per heavy atom. The quantitative estimate of drug-likeness (QED) is 0.419. The van der Waals surface area contributed by atoms with Crippen LogP contribution in [-0.2, 0) is 0 Å². The van der Waals surface area contributed by atoms with Gasteiger partial charge in [0.05, 0.1) is 0 Å². The highest BCUT2D eigenvalue weighted by molar-refractivity contribution is 5.09. The Morgan fingerprint density at radius 2 is 1.69 bits per heavy atom. The number of rotatable bonds is 3. The lowest BCUT2D eigenvalue weighted by atomic mass is 10.2. The second-order valence-electron chi connectivity index (χ2n) is 2.29. The van der Waals surface area contributed by atoms with E-state index in [9.17, 15) is 0 Å². The highest BCUT2D eigenvalue weighted by Crippen LogP contribution is 2.02. The summed E-state index contributed by atoms with van der Waals surface area (Å²) < 4.78 is 0. The Kier molecular flexibility index (Phi) is 31.3. The van der Waals surface area contributed by atoms with Gasteiger partial charge in [-0.05, 0) is 20.3 Å². The molecule has 0 rings (SSSR count). The molecule has 0 heteroatoms. The predicted molar refractivity (Wildman–Crippen MR) is 66.1 cm³/mol. The Bertz CT molecular complexity index is 118. The van der Waals surface area contributed by atoms with E-state index in [1.807, 2.05) is 20.8 Å². The van der Waals surface area contributed by atoms with Gasteiger partial charge in [0.1, 0.15) is 0 Å². The molecular weight excluding hydrogens is 156 g/mol. The summed E-state index contributed by atoms with van der Waals surface area (Å²) in [6, 6.07) is 0. The van der Waals surface area contributed by atoms with Gasteiger partial charge in [0.15, 0.2) is 0 Å². The molecule has 0 N–H and O–H groups in total. The maximum atomic E-state index is 3.00. The fourth-order valence-electron chi connectivity index (χ4n) is 0.738. The molecule has 0 bridgehead atoms. The van der Waals surface area contributed by atoms with Crippen LogP contribution in [-0.4, -0.2) is 0 Å². The summed E-state index contributed by atoms with van der Waals surface area (Å²) >= 11 is 0. The minimum absolute atomic E-state index is 1.23. The van der Waals surface area contributed by atoms with Crippen LogP contribution in [0.1, 0.15) is 47.5 Å². The van der Waals surface area contributed by atoms with Gasteiger partial charge in [0, 0.05) is 0 Å². The molecule has 78 valence electrons. The molecule has 0 aromatic rings. The second-order valence-corrected chi connectivity index (χ2v) is 2.29. The topological polar surface area (TPSA) is 0 Å². The van der Waals surface area contributed by atoms with E-state index < -0.39 is 0 Å². The smallest absolute Gasteiger partial charge is 0.0323 e. The van der Waals surface area contributed by atoms with Gasteiger partial charge in [0.2, 0.25) is 0 Å². The summed E-state index contributed by atoms with van der Waals surface area (Å²) in [5, 5.41) is 0. The van der Waals surface area contributed by atoms with Crippen molar-refractivity contribution in [1.82, 2.24) is 0 Å². The van der Waals surface area contributed by atoms with Gasteiger partial charge >= 0.3 is 0 Å². The van der Waals surface area contributed by atoms with Crippen molar-refractivity contribution in [3.63, 3.8) is 0 Å². The zero-order valence-electron chi connectivity index (χ0n) is 10.1. The van der Waals surface area contributed by atoms with Crippen molar-refractivity contribution < 1.29 is 0 Å². The summed E-state index contributed by atoms with van der Waals surface area (Å²) in [7, 11) is 0. The van der Waals surface area contributed by atoms with Gasteiger partial charge in [-0.25, -0.2) is 0 Å². The molecular formula is C13H26. The molecule has 0 atom stereocenters.